The van der Waals surface area contributed by atoms with Crippen LogP contribution in [0.5, 0.6) is 5.75 Å². The van der Waals surface area contributed by atoms with Gasteiger partial charge in [0.15, 0.2) is 0 Å². The fourth-order valence-corrected chi connectivity index (χ4v) is 2.51. The molecule has 0 atom stereocenters. The monoisotopic (exact) mass is 309 g/mol. The summed E-state index contributed by atoms with van der Waals surface area (Å²) >= 11 is 3.56. The second-order valence-corrected chi connectivity index (χ2v) is 5.28. The first-order valence-corrected chi connectivity index (χ1v) is 6.42. The highest BCUT2D eigenvalue weighted by molar-refractivity contribution is 9.10. The van der Waals surface area contributed by atoms with Gasteiger partial charge in [0.1, 0.15) is 11.6 Å². The molecule has 3 N–H and O–H groups in total. The van der Waals surface area contributed by atoms with Crippen LogP contribution >= 0.6 is 15.9 Å². The van der Waals surface area contributed by atoms with Gasteiger partial charge in [-0.15, -0.1) is 0 Å². The average Bonchev–Trinajstić information content (AvgIpc) is 2.64. The predicted octanol–water partition coefficient (Wildman–Crippen LogP) is 3.06. The van der Waals surface area contributed by atoms with Gasteiger partial charge in [0.25, 0.3) is 0 Å². The summed E-state index contributed by atoms with van der Waals surface area (Å²) in [5, 5.41) is 14.7. The standard InChI is InChI=1S/C13H16BrN3O/c1-6-7(2)13(18)11(8(3)12(6)14)9-5-10(15)17(4)16-9/h5,18H,15H2,1-4H3. The average molecular weight is 310 g/mol. The number of nitrogens with two attached hydrogens (primary N) is 1. The molecule has 0 aliphatic heterocycles. The van der Waals surface area contributed by atoms with E-state index < -0.39 is 0 Å². The van der Waals surface area contributed by atoms with Crippen molar-refractivity contribution in [3.8, 4) is 17.0 Å². The van der Waals surface area contributed by atoms with Gasteiger partial charge in [0, 0.05) is 23.2 Å². The molecule has 0 radical (unpaired) electrons. The maximum atomic E-state index is 10.3. The Bertz CT molecular complexity index is 583. The van der Waals surface area contributed by atoms with Crippen LogP contribution < -0.4 is 5.73 Å². The SMILES string of the molecule is Cc1c(C)c(Br)c(C)c(-c2cc(N)n(C)n2)c1O. The number of aryl methyl sites for hydroxylation is 1. The lowest BCUT2D eigenvalue weighted by molar-refractivity contribution is 0.471. The van der Waals surface area contributed by atoms with Gasteiger partial charge in [0.05, 0.1) is 5.69 Å². The van der Waals surface area contributed by atoms with Crippen LogP contribution in [0.4, 0.5) is 5.82 Å². The van der Waals surface area contributed by atoms with E-state index in [1.807, 2.05) is 20.8 Å². The van der Waals surface area contributed by atoms with Gasteiger partial charge in [-0.05, 0) is 37.5 Å². The number of aromatic nitrogens is 2. The minimum atomic E-state index is 0.270. The van der Waals surface area contributed by atoms with E-state index in [9.17, 15) is 5.11 Å². The molecule has 2 rings (SSSR count). The number of anilines is 1. The molecule has 0 aliphatic rings. The van der Waals surface area contributed by atoms with Crippen molar-refractivity contribution in [3.05, 3.63) is 27.2 Å². The molecule has 2 aromatic rings. The van der Waals surface area contributed by atoms with Gasteiger partial charge < -0.3 is 10.8 Å². The summed E-state index contributed by atoms with van der Waals surface area (Å²) in [4.78, 5) is 0. The Balaban J connectivity index is 2.79. The second-order valence-electron chi connectivity index (χ2n) is 4.49. The molecule has 0 bridgehead atoms. The number of rotatable bonds is 1. The molecule has 0 spiro atoms. The topological polar surface area (TPSA) is 64.1 Å². The Morgan fingerprint density at radius 3 is 2.33 bits per heavy atom. The van der Waals surface area contributed by atoms with Crippen molar-refractivity contribution in [3.63, 3.8) is 0 Å². The molecule has 0 fully saturated rings. The van der Waals surface area contributed by atoms with Gasteiger partial charge in [-0.3, -0.25) is 4.68 Å². The largest absolute Gasteiger partial charge is 0.507 e. The Hall–Kier alpha value is -1.49. The number of aromatic hydroxyl groups is 1. The summed E-state index contributed by atoms with van der Waals surface area (Å²) in [6.07, 6.45) is 0. The summed E-state index contributed by atoms with van der Waals surface area (Å²) in [5.74, 6) is 0.837. The van der Waals surface area contributed by atoms with E-state index >= 15 is 0 Å². The third-order valence-electron chi connectivity index (χ3n) is 3.36. The van der Waals surface area contributed by atoms with E-state index in [0.717, 1.165) is 26.7 Å². The molecule has 0 saturated carbocycles. The molecule has 18 heavy (non-hydrogen) atoms. The number of nitrogens with zero attached hydrogens (tertiary/aromatic N) is 2. The van der Waals surface area contributed by atoms with Crippen LogP contribution in [0.3, 0.4) is 0 Å². The van der Waals surface area contributed by atoms with Crippen molar-refractivity contribution in [2.24, 2.45) is 7.05 Å². The minimum Gasteiger partial charge on any atom is -0.507 e. The molecule has 1 aromatic heterocycles. The zero-order valence-corrected chi connectivity index (χ0v) is 12.5. The molecule has 1 heterocycles. The fraction of sp³-hybridized carbons (Fsp3) is 0.308. The molecule has 0 amide bonds. The van der Waals surface area contributed by atoms with E-state index in [-0.39, 0.29) is 5.75 Å². The lowest BCUT2D eigenvalue weighted by Gasteiger charge is -2.14. The first-order valence-electron chi connectivity index (χ1n) is 5.62. The maximum Gasteiger partial charge on any atom is 0.128 e. The molecule has 96 valence electrons. The third kappa shape index (κ3) is 1.79. The molecular weight excluding hydrogens is 294 g/mol. The molecule has 0 aliphatic carbocycles. The van der Waals surface area contributed by atoms with Gasteiger partial charge >= 0.3 is 0 Å². The Labute approximate surface area is 115 Å². The molecule has 5 heteroatoms. The number of phenolic OH excluding ortho intramolecular Hbond substituents is 1. The van der Waals surface area contributed by atoms with Gasteiger partial charge in [-0.25, -0.2) is 0 Å². The van der Waals surface area contributed by atoms with Crippen LogP contribution in [0.1, 0.15) is 16.7 Å². The Morgan fingerprint density at radius 2 is 1.83 bits per heavy atom. The first kappa shape index (κ1) is 13.0. The lowest BCUT2D eigenvalue weighted by Crippen LogP contribution is -1.97. The van der Waals surface area contributed by atoms with Crippen LogP contribution in [0, 0.1) is 20.8 Å². The second kappa shape index (κ2) is 4.31. The number of halogens is 1. The van der Waals surface area contributed by atoms with Crippen molar-refractivity contribution in [1.82, 2.24) is 9.78 Å². The fourth-order valence-electron chi connectivity index (χ4n) is 2.02. The predicted molar refractivity (Wildman–Crippen MR) is 76.6 cm³/mol. The zero-order chi connectivity index (χ0) is 13.6. The van der Waals surface area contributed by atoms with Crippen molar-refractivity contribution in [2.45, 2.75) is 20.8 Å². The van der Waals surface area contributed by atoms with Crippen LogP contribution in [0.2, 0.25) is 0 Å². The normalized spacial score (nSPS) is 10.9. The third-order valence-corrected chi connectivity index (χ3v) is 4.55. The lowest BCUT2D eigenvalue weighted by atomic mass is 9.97. The summed E-state index contributed by atoms with van der Waals surface area (Å²) < 4.78 is 2.59. The molecule has 1 aromatic carbocycles. The first-order chi connectivity index (χ1) is 8.34. The van der Waals surface area contributed by atoms with E-state index in [4.69, 9.17) is 5.73 Å². The van der Waals surface area contributed by atoms with Crippen molar-refractivity contribution < 1.29 is 5.11 Å². The van der Waals surface area contributed by atoms with E-state index in [0.29, 0.717) is 11.5 Å². The van der Waals surface area contributed by atoms with Gasteiger partial charge in [-0.2, -0.15) is 5.10 Å². The van der Waals surface area contributed by atoms with E-state index in [1.54, 1.807) is 17.8 Å². The summed E-state index contributed by atoms with van der Waals surface area (Å²) in [5.41, 5.74) is 10.1. The van der Waals surface area contributed by atoms with Gasteiger partial charge in [-0.1, -0.05) is 15.9 Å². The molecule has 0 saturated heterocycles. The maximum absolute atomic E-state index is 10.3. The number of hydrogen-bond donors (Lipinski definition) is 2. The highest BCUT2D eigenvalue weighted by Crippen LogP contribution is 2.41. The minimum absolute atomic E-state index is 0.270. The van der Waals surface area contributed by atoms with Gasteiger partial charge in [0.2, 0.25) is 0 Å². The molecule has 0 unspecified atom stereocenters. The Kier molecular flexibility index (Phi) is 3.11. The number of benzene rings is 1. The summed E-state index contributed by atoms with van der Waals surface area (Å²) in [6, 6.07) is 1.77. The van der Waals surface area contributed by atoms with Crippen LogP contribution in [0.25, 0.3) is 11.3 Å². The van der Waals surface area contributed by atoms with Crippen molar-refractivity contribution in [1.29, 1.82) is 0 Å². The van der Waals surface area contributed by atoms with Crippen LogP contribution in [0.15, 0.2) is 10.5 Å². The van der Waals surface area contributed by atoms with E-state index in [2.05, 4.69) is 21.0 Å². The summed E-state index contributed by atoms with van der Waals surface area (Å²) in [6.45, 7) is 5.82. The number of nitrogen functional groups attached to an aromatic ring is 1. The molecular formula is C13H16BrN3O. The smallest absolute Gasteiger partial charge is 0.128 e. The van der Waals surface area contributed by atoms with Crippen LogP contribution in [-0.2, 0) is 7.05 Å². The number of hydrogen-bond acceptors (Lipinski definition) is 3. The highest BCUT2D eigenvalue weighted by Gasteiger charge is 2.19. The quantitative estimate of drug-likeness (QED) is 0.851. The van der Waals surface area contributed by atoms with Crippen molar-refractivity contribution in [2.75, 3.05) is 5.73 Å². The summed E-state index contributed by atoms with van der Waals surface area (Å²) in [7, 11) is 1.78. The number of phenols is 1. The van der Waals surface area contributed by atoms with E-state index in [1.165, 1.54) is 0 Å². The Morgan fingerprint density at radius 1 is 1.22 bits per heavy atom. The van der Waals surface area contributed by atoms with Crippen molar-refractivity contribution >= 4 is 21.7 Å². The molecule has 4 nitrogen and oxygen atoms in total. The highest BCUT2D eigenvalue weighted by atomic mass is 79.9. The zero-order valence-electron chi connectivity index (χ0n) is 10.9. The van der Waals surface area contributed by atoms with Crippen LogP contribution in [-0.4, -0.2) is 14.9 Å².